The molecule has 22 heavy (non-hydrogen) atoms. The van der Waals surface area contributed by atoms with E-state index in [0.717, 1.165) is 31.7 Å². The van der Waals surface area contributed by atoms with Crippen molar-refractivity contribution in [2.75, 3.05) is 26.3 Å². The lowest BCUT2D eigenvalue weighted by Gasteiger charge is -2.32. The van der Waals surface area contributed by atoms with Crippen molar-refractivity contribution in [2.45, 2.75) is 38.8 Å². The molecule has 1 fully saturated rings. The molecule has 0 bridgehead atoms. The van der Waals surface area contributed by atoms with Crippen LogP contribution >= 0.6 is 0 Å². The van der Waals surface area contributed by atoms with Crippen LogP contribution in [-0.4, -0.2) is 54.4 Å². The van der Waals surface area contributed by atoms with Crippen LogP contribution in [0, 0.1) is 0 Å². The van der Waals surface area contributed by atoms with Crippen molar-refractivity contribution in [3.63, 3.8) is 0 Å². The number of carbonyl (C=O) groups excluding carboxylic acids is 1. The molecule has 2 rings (SSSR count). The fourth-order valence-corrected chi connectivity index (χ4v) is 2.37. The van der Waals surface area contributed by atoms with Crippen LogP contribution in [0.25, 0.3) is 0 Å². The summed E-state index contributed by atoms with van der Waals surface area (Å²) in [6, 6.07) is 3.91. The molecule has 122 valence electrons. The number of hydrogen-bond donors (Lipinski definition) is 1. The number of nitrogens with one attached hydrogen (secondary N) is 1. The number of carbonyl (C=O) groups is 1. The molecule has 1 aromatic heterocycles. The number of piperidine rings is 1. The largest absolute Gasteiger partial charge is 0.490 e. The van der Waals surface area contributed by atoms with Crippen molar-refractivity contribution in [3.05, 3.63) is 24.5 Å². The van der Waals surface area contributed by atoms with Crippen LogP contribution in [-0.2, 0) is 4.74 Å². The lowest BCUT2D eigenvalue weighted by Crippen LogP contribution is -2.47. The molecule has 0 aliphatic carbocycles. The van der Waals surface area contributed by atoms with E-state index in [1.165, 1.54) is 0 Å². The molecule has 0 unspecified atom stereocenters. The van der Waals surface area contributed by atoms with Gasteiger partial charge in [0.25, 0.3) is 0 Å². The van der Waals surface area contributed by atoms with Gasteiger partial charge in [0.1, 0.15) is 12.4 Å². The summed E-state index contributed by atoms with van der Waals surface area (Å²) < 4.78 is 11.3. The van der Waals surface area contributed by atoms with Gasteiger partial charge in [-0.05, 0) is 38.8 Å². The number of aromatic nitrogens is 1. The molecule has 1 N–H and O–H groups in total. The van der Waals surface area contributed by atoms with Gasteiger partial charge in [-0.25, -0.2) is 4.79 Å². The molecule has 1 saturated heterocycles. The highest BCUT2D eigenvalue weighted by Crippen LogP contribution is 2.14. The van der Waals surface area contributed by atoms with Crippen LogP contribution in [0.4, 0.5) is 4.79 Å². The van der Waals surface area contributed by atoms with Crippen molar-refractivity contribution in [3.8, 4) is 5.75 Å². The number of urea groups is 1. The fourth-order valence-electron chi connectivity index (χ4n) is 2.37. The number of nitrogens with zero attached hydrogens (tertiary/aromatic N) is 2. The van der Waals surface area contributed by atoms with E-state index in [1.54, 1.807) is 12.4 Å². The smallest absolute Gasteiger partial charge is 0.317 e. The molecule has 1 aliphatic rings. The van der Waals surface area contributed by atoms with Gasteiger partial charge in [0.2, 0.25) is 0 Å². The molecule has 6 heteroatoms. The second-order valence-electron chi connectivity index (χ2n) is 5.70. The van der Waals surface area contributed by atoms with E-state index < -0.39 is 0 Å². The van der Waals surface area contributed by atoms with Gasteiger partial charge in [0.15, 0.2) is 0 Å². The monoisotopic (exact) mass is 307 g/mol. The average molecular weight is 307 g/mol. The molecule has 0 spiro atoms. The van der Waals surface area contributed by atoms with Gasteiger partial charge < -0.3 is 19.7 Å². The van der Waals surface area contributed by atoms with Crippen molar-refractivity contribution < 1.29 is 14.3 Å². The van der Waals surface area contributed by atoms with Crippen molar-refractivity contribution in [1.29, 1.82) is 0 Å². The quantitative estimate of drug-likeness (QED) is 0.817. The third kappa shape index (κ3) is 5.52. The summed E-state index contributed by atoms with van der Waals surface area (Å²) >= 11 is 0. The first-order valence-corrected chi connectivity index (χ1v) is 7.85. The zero-order chi connectivity index (χ0) is 15.8. The summed E-state index contributed by atoms with van der Waals surface area (Å²) in [4.78, 5) is 17.7. The SMILES string of the molecule is CC(C)NC(=O)N1CCC(OCCOc2cccnc2)CC1. The predicted molar refractivity (Wildman–Crippen MR) is 83.9 cm³/mol. The van der Waals surface area contributed by atoms with E-state index >= 15 is 0 Å². The van der Waals surface area contributed by atoms with Crippen molar-refractivity contribution in [2.24, 2.45) is 0 Å². The van der Waals surface area contributed by atoms with Crippen LogP contribution in [0.3, 0.4) is 0 Å². The van der Waals surface area contributed by atoms with Gasteiger partial charge in [-0.3, -0.25) is 4.98 Å². The van der Waals surface area contributed by atoms with Crippen LogP contribution in [0.1, 0.15) is 26.7 Å². The molecular weight excluding hydrogens is 282 g/mol. The van der Waals surface area contributed by atoms with E-state index in [4.69, 9.17) is 9.47 Å². The number of pyridine rings is 1. The van der Waals surface area contributed by atoms with E-state index in [9.17, 15) is 4.79 Å². The molecule has 2 amide bonds. The molecule has 0 atom stereocenters. The predicted octanol–water partition coefficient (Wildman–Crippen LogP) is 2.06. The minimum absolute atomic E-state index is 0.0216. The first kappa shape index (κ1) is 16.5. The Morgan fingerprint density at radius 1 is 1.41 bits per heavy atom. The van der Waals surface area contributed by atoms with E-state index in [0.29, 0.717) is 13.2 Å². The second-order valence-corrected chi connectivity index (χ2v) is 5.70. The van der Waals surface area contributed by atoms with E-state index in [-0.39, 0.29) is 18.2 Å². The lowest BCUT2D eigenvalue weighted by atomic mass is 10.1. The normalized spacial score (nSPS) is 15.9. The number of ether oxygens (including phenoxy) is 2. The van der Waals surface area contributed by atoms with Crippen LogP contribution in [0.2, 0.25) is 0 Å². The van der Waals surface area contributed by atoms with Crippen molar-refractivity contribution >= 4 is 6.03 Å². The highest BCUT2D eigenvalue weighted by Gasteiger charge is 2.23. The van der Waals surface area contributed by atoms with Crippen molar-refractivity contribution in [1.82, 2.24) is 15.2 Å². The van der Waals surface area contributed by atoms with Gasteiger partial charge >= 0.3 is 6.03 Å². The molecule has 6 nitrogen and oxygen atoms in total. The molecule has 2 heterocycles. The fraction of sp³-hybridized carbons (Fsp3) is 0.625. The minimum atomic E-state index is 0.0216. The Hall–Kier alpha value is -1.82. The second kappa shape index (κ2) is 8.58. The van der Waals surface area contributed by atoms with Crippen LogP contribution < -0.4 is 10.1 Å². The topological polar surface area (TPSA) is 63.7 Å². The lowest BCUT2D eigenvalue weighted by molar-refractivity contribution is 0.00175. The zero-order valence-corrected chi connectivity index (χ0v) is 13.3. The maximum absolute atomic E-state index is 11.9. The number of hydrogen-bond acceptors (Lipinski definition) is 4. The van der Waals surface area contributed by atoms with Gasteiger partial charge in [0, 0.05) is 25.3 Å². The Morgan fingerprint density at radius 2 is 2.18 bits per heavy atom. The minimum Gasteiger partial charge on any atom is -0.490 e. The maximum atomic E-state index is 11.9. The number of amides is 2. The Balaban J connectivity index is 1.58. The number of likely N-dealkylation sites (tertiary alicyclic amines) is 1. The van der Waals surface area contributed by atoms with E-state index in [2.05, 4.69) is 10.3 Å². The summed E-state index contributed by atoms with van der Waals surface area (Å²) in [6.45, 7) is 6.49. The molecule has 0 saturated carbocycles. The Morgan fingerprint density at radius 3 is 2.82 bits per heavy atom. The van der Waals surface area contributed by atoms with Gasteiger partial charge in [0.05, 0.1) is 18.9 Å². The molecule has 1 aromatic rings. The maximum Gasteiger partial charge on any atom is 0.317 e. The summed E-state index contributed by atoms with van der Waals surface area (Å²) in [7, 11) is 0. The Bertz CT molecular complexity index is 445. The zero-order valence-electron chi connectivity index (χ0n) is 13.3. The third-order valence-corrected chi connectivity index (χ3v) is 3.48. The third-order valence-electron chi connectivity index (χ3n) is 3.48. The van der Waals surface area contributed by atoms with Gasteiger partial charge in [-0.15, -0.1) is 0 Å². The molecular formula is C16H25N3O3. The molecule has 0 aromatic carbocycles. The summed E-state index contributed by atoms with van der Waals surface area (Å²) in [5.74, 6) is 0.756. The first-order valence-electron chi connectivity index (χ1n) is 7.85. The summed E-state index contributed by atoms with van der Waals surface area (Å²) in [5, 5.41) is 2.92. The van der Waals surface area contributed by atoms with E-state index in [1.807, 2.05) is 30.9 Å². The molecule has 1 aliphatic heterocycles. The summed E-state index contributed by atoms with van der Waals surface area (Å²) in [6.07, 6.45) is 5.36. The summed E-state index contributed by atoms with van der Waals surface area (Å²) in [5.41, 5.74) is 0. The van der Waals surface area contributed by atoms with Crippen LogP contribution in [0.15, 0.2) is 24.5 Å². The Kier molecular flexibility index (Phi) is 6.45. The standard InChI is InChI=1S/C16H25N3O3/c1-13(2)18-16(20)19-8-5-14(6-9-19)21-10-11-22-15-4-3-7-17-12-15/h3-4,7,12-14H,5-6,8-11H2,1-2H3,(H,18,20). The average Bonchev–Trinajstić information content (AvgIpc) is 2.52. The van der Waals surface area contributed by atoms with Crippen LogP contribution in [0.5, 0.6) is 5.75 Å². The van der Waals surface area contributed by atoms with Gasteiger partial charge in [-0.1, -0.05) is 0 Å². The first-order chi connectivity index (χ1) is 10.6. The highest BCUT2D eigenvalue weighted by atomic mass is 16.5. The molecule has 0 radical (unpaired) electrons. The Labute approximate surface area is 131 Å². The highest BCUT2D eigenvalue weighted by molar-refractivity contribution is 5.74. The van der Waals surface area contributed by atoms with Gasteiger partial charge in [-0.2, -0.15) is 0 Å². The number of rotatable bonds is 6.